The van der Waals surface area contributed by atoms with Crippen LogP contribution in [0.25, 0.3) is 0 Å². The van der Waals surface area contributed by atoms with Gasteiger partial charge in [0.05, 0.1) is 6.10 Å². The largest absolute Gasteiger partial charge is 0.389 e. The molecule has 1 aromatic heterocycles. The van der Waals surface area contributed by atoms with E-state index in [1.54, 1.807) is 42.5 Å². The molecule has 0 saturated heterocycles. The Kier molecular flexibility index (Phi) is 4.54. The van der Waals surface area contributed by atoms with Crippen LogP contribution in [-0.4, -0.2) is 11.1 Å². The average molecular weight is 276 g/mol. The number of carbonyl (C=O) groups excluding carboxylic acids is 1. The second kappa shape index (κ2) is 6.36. The second-order valence-electron chi connectivity index (χ2n) is 4.24. The molecule has 100 valence electrons. The van der Waals surface area contributed by atoms with Crippen LogP contribution in [0, 0.1) is 0 Å². The van der Waals surface area contributed by atoms with E-state index in [0.29, 0.717) is 12.2 Å². The van der Waals surface area contributed by atoms with Gasteiger partial charge >= 0.3 is 6.03 Å². The Morgan fingerprint density at radius 2 is 2.05 bits per heavy atom. The summed E-state index contributed by atoms with van der Waals surface area (Å²) in [6.45, 7) is 2.22. The van der Waals surface area contributed by atoms with Crippen LogP contribution >= 0.6 is 11.3 Å². The van der Waals surface area contributed by atoms with E-state index in [-0.39, 0.29) is 6.03 Å². The van der Waals surface area contributed by atoms with Gasteiger partial charge in [0.25, 0.3) is 0 Å². The zero-order chi connectivity index (χ0) is 13.7. The molecule has 2 rings (SSSR count). The summed E-state index contributed by atoms with van der Waals surface area (Å²) in [5, 5.41) is 18.9. The van der Waals surface area contributed by atoms with E-state index in [1.165, 1.54) is 0 Å². The van der Waals surface area contributed by atoms with Gasteiger partial charge in [-0.25, -0.2) is 4.79 Å². The normalized spacial score (nSPS) is 11.9. The fourth-order valence-electron chi connectivity index (χ4n) is 1.60. The minimum absolute atomic E-state index is 0.240. The van der Waals surface area contributed by atoms with Crippen LogP contribution < -0.4 is 10.6 Å². The quantitative estimate of drug-likeness (QED) is 0.803. The molecule has 4 nitrogen and oxygen atoms in total. The molecule has 1 atom stereocenters. The summed E-state index contributed by atoms with van der Waals surface area (Å²) >= 11 is 1.60. The number of anilines is 1. The van der Waals surface area contributed by atoms with Crippen LogP contribution in [0.3, 0.4) is 0 Å². The lowest BCUT2D eigenvalue weighted by Crippen LogP contribution is -2.27. The molecule has 1 aromatic carbocycles. The number of hydrogen-bond acceptors (Lipinski definition) is 3. The van der Waals surface area contributed by atoms with E-state index in [9.17, 15) is 9.90 Å². The lowest BCUT2D eigenvalue weighted by Gasteiger charge is -2.09. The molecule has 1 unspecified atom stereocenters. The third-order valence-corrected chi connectivity index (χ3v) is 3.42. The molecule has 0 fully saturated rings. The topological polar surface area (TPSA) is 61.4 Å². The van der Waals surface area contributed by atoms with Gasteiger partial charge in [0.15, 0.2) is 0 Å². The molecule has 0 saturated carbocycles. The van der Waals surface area contributed by atoms with Gasteiger partial charge in [0.2, 0.25) is 0 Å². The SMILES string of the molecule is CC(O)c1ccc(NC(=O)NCc2ccsc2)cc1. The molecule has 0 bridgehead atoms. The van der Waals surface area contributed by atoms with Crippen molar-refractivity contribution >= 4 is 23.1 Å². The zero-order valence-corrected chi connectivity index (χ0v) is 11.4. The number of hydrogen-bond donors (Lipinski definition) is 3. The molecule has 2 amide bonds. The molecule has 3 N–H and O–H groups in total. The van der Waals surface area contributed by atoms with Crippen molar-refractivity contribution in [2.75, 3.05) is 5.32 Å². The molecular weight excluding hydrogens is 260 g/mol. The highest BCUT2D eigenvalue weighted by Gasteiger charge is 2.03. The highest BCUT2D eigenvalue weighted by atomic mass is 32.1. The van der Waals surface area contributed by atoms with E-state index in [0.717, 1.165) is 11.1 Å². The molecule has 19 heavy (non-hydrogen) atoms. The standard InChI is InChI=1S/C14H16N2O2S/c1-10(17)12-2-4-13(5-3-12)16-14(18)15-8-11-6-7-19-9-11/h2-7,9-10,17H,8H2,1H3,(H2,15,16,18). The van der Waals surface area contributed by atoms with Crippen LogP contribution in [-0.2, 0) is 6.54 Å². The third kappa shape index (κ3) is 4.08. The lowest BCUT2D eigenvalue weighted by atomic mass is 10.1. The van der Waals surface area contributed by atoms with Gasteiger partial charge in [0.1, 0.15) is 0 Å². The second-order valence-corrected chi connectivity index (χ2v) is 5.02. The molecule has 0 aliphatic carbocycles. The average Bonchev–Trinajstić information content (AvgIpc) is 2.90. The van der Waals surface area contributed by atoms with Gasteiger partial charge in [-0.2, -0.15) is 11.3 Å². The van der Waals surface area contributed by atoms with Crippen molar-refractivity contribution < 1.29 is 9.90 Å². The fraction of sp³-hybridized carbons (Fsp3) is 0.214. The Morgan fingerprint density at radius 1 is 1.32 bits per heavy atom. The van der Waals surface area contributed by atoms with E-state index >= 15 is 0 Å². The Hall–Kier alpha value is -1.85. The first-order chi connectivity index (χ1) is 9.15. The number of nitrogens with one attached hydrogen (secondary N) is 2. The summed E-state index contributed by atoms with van der Waals surface area (Å²) in [6, 6.07) is 8.86. The van der Waals surface area contributed by atoms with Gasteiger partial charge in [-0.15, -0.1) is 0 Å². The van der Waals surface area contributed by atoms with E-state index < -0.39 is 6.10 Å². The Morgan fingerprint density at radius 3 is 2.63 bits per heavy atom. The maximum atomic E-state index is 11.7. The summed E-state index contributed by atoms with van der Waals surface area (Å²) in [6.07, 6.45) is -0.499. The Bertz CT molecular complexity index is 521. The van der Waals surface area contributed by atoms with Gasteiger partial charge in [-0.05, 0) is 47.0 Å². The van der Waals surface area contributed by atoms with Gasteiger partial charge in [-0.1, -0.05) is 12.1 Å². The molecule has 1 heterocycles. The third-order valence-electron chi connectivity index (χ3n) is 2.68. The summed E-state index contributed by atoms with van der Waals surface area (Å²) in [4.78, 5) is 11.7. The molecule has 0 aliphatic heterocycles. The van der Waals surface area contributed by atoms with Crippen molar-refractivity contribution in [3.63, 3.8) is 0 Å². The predicted octanol–water partition coefficient (Wildman–Crippen LogP) is 3.12. The number of amides is 2. The maximum Gasteiger partial charge on any atom is 0.319 e. The minimum Gasteiger partial charge on any atom is -0.389 e. The number of aliphatic hydroxyl groups is 1. The van der Waals surface area contributed by atoms with Gasteiger partial charge < -0.3 is 15.7 Å². The lowest BCUT2D eigenvalue weighted by molar-refractivity contribution is 0.199. The number of thiophene rings is 1. The predicted molar refractivity (Wildman–Crippen MR) is 77.3 cm³/mol. The van der Waals surface area contributed by atoms with Gasteiger partial charge in [0, 0.05) is 12.2 Å². The first kappa shape index (κ1) is 13.6. The number of aliphatic hydroxyl groups excluding tert-OH is 1. The molecule has 0 spiro atoms. The molecular formula is C14H16N2O2S. The number of rotatable bonds is 4. The van der Waals surface area contributed by atoms with Crippen molar-refractivity contribution in [3.05, 3.63) is 52.2 Å². The van der Waals surface area contributed by atoms with E-state index in [1.807, 2.05) is 16.8 Å². The highest BCUT2D eigenvalue weighted by molar-refractivity contribution is 7.07. The number of carbonyl (C=O) groups is 1. The fourth-order valence-corrected chi connectivity index (χ4v) is 2.26. The molecule has 2 aromatic rings. The summed E-state index contributed by atoms with van der Waals surface area (Å²) in [7, 11) is 0. The smallest absolute Gasteiger partial charge is 0.319 e. The monoisotopic (exact) mass is 276 g/mol. The van der Waals surface area contributed by atoms with Crippen LogP contribution in [0.4, 0.5) is 10.5 Å². The molecule has 0 radical (unpaired) electrons. The van der Waals surface area contributed by atoms with Crippen LogP contribution in [0.15, 0.2) is 41.1 Å². The van der Waals surface area contributed by atoms with E-state index in [2.05, 4.69) is 10.6 Å². The van der Waals surface area contributed by atoms with E-state index in [4.69, 9.17) is 0 Å². The van der Waals surface area contributed by atoms with Crippen LogP contribution in [0.5, 0.6) is 0 Å². The minimum atomic E-state index is -0.499. The molecule has 0 aliphatic rings. The van der Waals surface area contributed by atoms with Crippen LogP contribution in [0.1, 0.15) is 24.2 Å². The first-order valence-corrected chi connectivity index (χ1v) is 6.93. The number of benzene rings is 1. The van der Waals surface area contributed by atoms with Crippen LogP contribution in [0.2, 0.25) is 0 Å². The highest BCUT2D eigenvalue weighted by Crippen LogP contribution is 2.15. The maximum absolute atomic E-state index is 11.7. The Balaban J connectivity index is 1.84. The summed E-state index contributed by atoms with van der Waals surface area (Å²) < 4.78 is 0. The van der Waals surface area contributed by atoms with Crippen molar-refractivity contribution in [2.24, 2.45) is 0 Å². The van der Waals surface area contributed by atoms with Crippen molar-refractivity contribution in [1.82, 2.24) is 5.32 Å². The summed E-state index contributed by atoms with van der Waals surface area (Å²) in [5.41, 5.74) is 2.61. The van der Waals surface area contributed by atoms with Crippen molar-refractivity contribution in [1.29, 1.82) is 0 Å². The van der Waals surface area contributed by atoms with Gasteiger partial charge in [-0.3, -0.25) is 0 Å². The number of urea groups is 1. The Labute approximate surface area is 116 Å². The van der Waals surface area contributed by atoms with Crippen molar-refractivity contribution in [2.45, 2.75) is 19.6 Å². The van der Waals surface area contributed by atoms with Crippen molar-refractivity contribution in [3.8, 4) is 0 Å². The molecule has 5 heteroatoms. The summed E-state index contributed by atoms with van der Waals surface area (Å²) in [5.74, 6) is 0. The first-order valence-electron chi connectivity index (χ1n) is 5.99. The zero-order valence-electron chi connectivity index (χ0n) is 10.6.